The van der Waals surface area contributed by atoms with Crippen molar-refractivity contribution in [1.29, 1.82) is 0 Å². The van der Waals surface area contributed by atoms with E-state index in [4.69, 9.17) is 19.9 Å². The van der Waals surface area contributed by atoms with Crippen molar-refractivity contribution in [2.24, 2.45) is 11.7 Å². The number of rotatable bonds is 14. The number of carbonyl (C=O) groups excluding carboxylic acids is 3. The van der Waals surface area contributed by atoms with Crippen molar-refractivity contribution in [2.45, 2.75) is 52.7 Å². The average molecular weight is 512 g/mol. The first-order chi connectivity index (χ1) is 17.8. The monoisotopic (exact) mass is 511 g/mol. The van der Waals surface area contributed by atoms with E-state index in [9.17, 15) is 14.4 Å². The molecule has 9 nitrogen and oxygen atoms in total. The average Bonchev–Trinajstić information content (AvgIpc) is 2.89. The van der Waals surface area contributed by atoms with E-state index in [2.05, 4.69) is 36.6 Å². The second-order valence-corrected chi connectivity index (χ2v) is 8.77. The molecular weight excluding hydrogens is 474 g/mol. The number of ether oxygens (including phenoxy) is 3. The van der Waals surface area contributed by atoms with Gasteiger partial charge in [-0.05, 0) is 60.6 Å². The number of nitrogens with two attached hydrogens (primary N) is 1. The molecule has 0 radical (unpaired) electrons. The molecule has 2 amide bonds. The summed E-state index contributed by atoms with van der Waals surface area (Å²) in [6, 6.07) is 11.8. The van der Waals surface area contributed by atoms with Gasteiger partial charge in [-0.3, -0.25) is 9.59 Å². The molecule has 200 valence electrons. The van der Waals surface area contributed by atoms with Gasteiger partial charge in [0.25, 0.3) is 0 Å². The number of allylic oxidation sites excluding steroid dienone is 2. The van der Waals surface area contributed by atoms with Crippen molar-refractivity contribution in [1.82, 2.24) is 5.32 Å². The molecule has 0 bridgehead atoms. The predicted octanol–water partition coefficient (Wildman–Crippen LogP) is 4.70. The Bertz CT molecular complexity index is 1050. The maximum Gasteiger partial charge on any atom is 0.514 e. The molecule has 0 unspecified atom stereocenters. The molecule has 0 saturated heterocycles. The molecule has 0 saturated carbocycles. The van der Waals surface area contributed by atoms with Crippen LogP contribution in [0.15, 0.2) is 54.6 Å². The minimum absolute atomic E-state index is 0.00879. The Labute approximate surface area is 218 Å². The van der Waals surface area contributed by atoms with Crippen LogP contribution in [0.4, 0.5) is 10.5 Å². The SMILES string of the molecule is COc1cc(CNC(=O)CCCCC=CC(C)C)ccc1OC(=O)OCc1ccc(NC(=O)CN)cc1. The maximum absolute atomic E-state index is 12.2. The summed E-state index contributed by atoms with van der Waals surface area (Å²) in [6.07, 6.45) is 6.72. The van der Waals surface area contributed by atoms with Crippen LogP contribution in [0.1, 0.15) is 50.7 Å². The summed E-state index contributed by atoms with van der Waals surface area (Å²) in [5.41, 5.74) is 7.40. The van der Waals surface area contributed by atoms with Gasteiger partial charge in [-0.25, -0.2) is 4.79 Å². The summed E-state index contributed by atoms with van der Waals surface area (Å²) < 4.78 is 15.8. The third-order valence-corrected chi connectivity index (χ3v) is 5.24. The van der Waals surface area contributed by atoms with E-state index in [0.29, 0.717) is 35.9 Å². The van der Waals surface area contributed by atoms with E-state index >= 15 is 0 Å². The van der Waals surface area contributed by atoms with Gasteiger partial charge < -0.3 is 30.6 Å². The molecule has 2 aromatic rings. The van der Waals surface area contributed by atoms with Gasteiger partial charge in [0.15, 0.2) is 11.5 Å². The van der Waals surface area contributed by atoms with Crippen LogP contribution in [-0.4, -0.2) is 31.6 Å². The molecule has 0 aliphatic rings. The zero-order chi connectivity index (χ0) is 27.0. The first-order valence-electron chi connectivity index (χ1n) is 12.3. The largest absolute Gasteiger partial charge is 0.514 e. The topological polar surface area (TPSA) is 129 Å². The van der Waals surface area contributed by atoms with Gasteiger partial charge in [-0.2, -0.15) is 0 Å². The van der Waals surface area contributed by atoms with Crippen LogP contribution in [0.2, 0.25) is 0 Å². The smallest absolute Gasteiger partial charge is 0.493 e. The quantitative estimate of drug-likeness (QED) is 0.145. The van der Waals surface area contributed by atoms with Crippen LogP contribution in [0, 0.1) is 5.92 Å². The van der Waals surface area contributed by atoms with E-state index < -0.39 is 6.16 Å². The van der Waals surface area contributed by atoms with Crippen molar-refractivity contribution in [3.05, 3.63) is 65.7 Å². The third kappa shape index (κ3) is 11.6. The fourth-order valence-corrected chi connectivity index (χ4v) is 3.27. The summed E-state index contributed by atoms with van der Waals surface area (Å²) >= 11 is 0. The van der Waals surface area contributed by atoms with Gasteiger partial charge in [-0.1, -0.05) is 44.2 Å². The minimum Gasteiger partial charge on any atom is -0.493 e. The van der Waals surface area contributed by atoms with E-state index in [0.717, 1.165) is 24.8 Å². The van der Waals surface area contributed by atoms with Gasteiger partial charge in [0.1, 0.15) is 6.61 Å². The second-order valence-electron chi connectivity index (χ2n) is 8.77. The van der Waals surface area contributed by atoms with Crippen molar-refractivity contribution < 1.29 is 28.6 Å². The number of unbranched alkanes of at least 4 members (excludes halogenated alkanes) is 2. The van der Waals surface area contributed by atoms with Gasteiger partial charge in [0.05, 0.1) is 13.7 Å². The Morgan fingerprint density at radius 1 is 0.973 bits per heavy atom. The fraction of sp³-hybridized carbons (Fsp3) is 0.393. The predicted molar refractivity (Wildman–Crippen MR) is 142 cm³/mol. The summed E-state index contributed by atoms with van der Waals surface area (Å²) in [6.45, 7) is 4.51. The van der Waals surface area contributed by atoms with Crippen LogP contribution < -0.4 is 25.8 Å². The molecule has 2 rings (SSSR count). The number of methoxy groups -OCH3 is 1. The van der Waals surface area contributed by atoms with Crippen molar-refractivity contribution >= 4 is 23.7 Å². The normalized spacial score (nSPS) is 10.8. The Morgan fingerprint density at radius 3 is 2.38 bits per heavy atom. The zero-order valence-corrected chi connectivity index (χ0v) is 21.8. The summed E-state index contributed by atoms with van der Waals surface area (Å²) in [7, 11) is 1.47. The van der Waals surface area contributed by atoms with Gasteiger partial charge in [-0.15, -0.1) is 0 Å². The summed E-state index contributed by atoms with van der Waals surface area (Å²) in [5.74, 6) is 0.795. The standard InChI is InChI=1S/C28H37N3O6/c1-20(2)8-6-4-5-7-9-26(32)30-18-22-12-15-24(25(16-22)35-3)37-28(34)36-19-21-10-13-23(14-11-21)31-27(33)17-29/h6,8,10-16,20H,4-5,7,9,17-19,29H2,1-3H3,(H,30,32)(H,31,33). The second kappa shape index (κ2) is 16.0. The lowest BCUT2D eigenvalue weighted by atomic mass is 10.1. The van der Waals surface area contributed by atoms with Gasteiger partial charge in [0, 0.05) is 18.7 Å². The van der Waals surface area contributed by atoms with E-state index in [-0.39, 0.29) is 30.7 Å². The van der Waals surface area contributed by atoms with E-state index in [1.165, 1.54) is 7.11 Å². The number of amides is 2. The number of carbonyl (C=O) groups is 3. The van der Waals surface area contributed by atoms with Crippen LogP contribution in [0.3, 0.4) is 0 Å². The van der Waals surface area contributed by atoms with Crippen molar-refractivity contribution in [3.8, 4) is 11.5 Å². The number of nitrogens with one attached hydrogen (secondary N) is 2. The number of hydrogen-bond donors (Lipinski definition) is 3. The molecule has 0 aliphatic heterocycles. The highest BCUT2D eigenvalue weighted by molar-refractivity contribution is 5.92. The molecule has 9 heteroatoms. The van der Waals surface area contributed by atoms with E-state index in [1.54, 1.807) is 42.5 Å². The number of benzene rings is 2. The van der Waals surface area contributed by atoms with Crippen LogP contribution in [-0.2, 0) is 27.5 Å². The molecule has 37 heavy (non-hydrogen) atoms. The summed E-state index contributed by atoms with van der Waals surface area (Å²) in [4.78, 5) is 35.6. The van der Waals surface area contributed by atoms with Crippen LogP contribution in [0.5, 0.6) is 11.5 Å². The first kappa shape index (κ1) is 29.4. The Morgan fingerprint density at radius 2 is 1.70 bits per heavy atom. The Kier molecular flexibility index (Phi) is 12.7. The first-order valence-corrected chi connectivity index (χ1v) is 12.3. The van der Waals surface area contributed by atoms with Crippen molar-refractivity contribution in [3.63, 3.8) is 0 Å². The zero-order valence-electron chi connectivity index (χ0n) is 21.8. The van der Waals surface area contributed by atoms with Crippen LogP contribution >= 0.6 is 0 Å². The highest BCUT2D eigenvalue weighted by atomic mass is 16.7. The molecule has 0 heterocycles. The van der Waals surface area contributed by atoms with Gasteiger partial charge in [0.2, 0.25) is 11.8 Å². The van der Waals surface area contributed by atoms with Gasteiger partial charge >= 0.3 is 6.16 Å². The number of hydrogen-bond acceptors (Lipinski definition) is 7. The lowest BCUT2D eigenvalue weighted by Gasteiger charge is -2.12. The number of anilines is 1. The lowest BCUT2D eigenvalue weighted by Crippen LogP contribution is -2.22. The molecule has 0 spiro atoms. The summed E-state index contributed by atoms with van der Waals surface area (Å²) in [5, 5.41) is 5.53. The molecule has 2 aromatic carbocycles. The molecule has 0 fully saturated rings. The molecule has 0 aliphatic carbocycles. The van der Waals surface area contributed by atoms with E-state index in [1.807, 2.05) is 0 Å². The highest BCUT2D eigenvalue weighted by Gasteiger charge is 2.13. The third-order valence-electron chi connectivity index (χ3n) is 5.24. The van der Waals surface area contributed by atoms with Crippen LogP contribution in [0.25, 0.3) is 0 Å². The molecule has 4 N–H and O–H groups in total. The molecular formula is C28H37N3O6. The maximum atomic E-state index is 12.2. The highest BCUT2D eigenvalue weighted by Crippen LogP contribution is 2.28. The lowest BCUT2D eigenvalue weighted by molar-refractivity contribution is -0.121. The molecule has 0 atom stereocenters. The fourth-order valence-electron chi connectivity index (χ4n) is 3.27. The van der Waals surface area contributed by atoms with Crippen molar-refractivity contribution in [2.75, 3.05) is 19.0 Å². The molecule has 0 aromatic heterocycles. The Hall–Kier alpha value is -3.85. The minimum atomic E-state index is -0.886. The Balaban J connectivity index is 1.77.